The summed E-state index contributed by atoms with van der Waals surface area (Å²) in [5.41, 5.74) is 4.01. The van der Waals surface area contributed by atoms with Gasteiger partial charge in [0.2, 0.25) is 0 Å². The van der Waals surface area contributed by atoms with Crippen LogP contribution in [0.3, 0.4) is 0 Å². The molecule has 0 aliphatic heterocycles. The number of aromatic nitrogens is 2. The van der Waals surface area contributed by atoms with E-state index < -0.39 is 0 Å². The largest absolute Gasteiger partial charge is 0.441 e. The van der Waals surface area contributed by atoms with Gasteiger partial charge in [-0.3, -0.25) is 9.78 Å². The number of nitrogens with zero attached hydrogens (tertiary/aromatic N) is 2. The van der Waals surface area contributed by atoms with Gasteiger partial charge in [-0.15, -0.1) is 0 Å². The lowest BCUT2D eigenvalue weighted by Crippen LogP contribution is -2.23. The molecule has 4 aromatic rings. The summed E-state index contributed by atoms with van der Waals surface area (Å²) in [5, 5.41) is 2.87. The molecule has 5 nitrogen and oxygen atoms in total. The minimum absolute atomic E-state index is 0.156. The smallest absolute Gasteiger partial charge is 0.251 e. The molecule has 0 spiro atoms. The van der Waals surface area contributed by atoms with Gasteiger partial charge in [0.05, 0.1) is 12.2 Å². The second-order valence-electron chi connectivity index (χ2n) is 6.28. The highest BCUT2D eigenvalue weighted by Gasteiger charge is 2.11. The van der Waals surface area contributed by atoms with E-state index in [4.69, 9.17) is 4.42 Å². The lowest BCUT2D eigenvalue weighted by atomic mass is 10.1. The first-order valence-electron chi connectivity index (χ1n) is 8.89. The van der Waals surface area contributed by atoms with Crippen LogP contribution in [0, 0.1) is 0 Å². The van der Waals surface area contributed by atoms with E-state index in [-0.39, 0.29) is 5.91 Å². The maximum atomic E-state index is 12.4. The van der Waals surface area contributed by atoms with Crippen molar-refractivity contribution in [2.24, 2.45) is 0 Å². The zero-order valence-electron chi connectivity index (χ0n) is 14.8. The predicted octanol–water partition coefficient (Wildman–Crippen LogP) is 3.94. The number of nitrogens with one attached hydrogen (secondary N) is 1. The zero-order valence-corrected chi connectivity index (χ0v) is 14.8. The maximum Gasteiger partial charge on any atom is 0.251 e. The summed E-state index contributed by atoms with van der Waals surface area (Å²) in [6.07, 6.45) is 3.30. The van der Waals surface area contributed by atoms with Crippen LogP contribution in [-0.2, 0) is 19.4 Å². The van der Waals surface area contributed by atoms with Crippen molar-refractivity contribution in [1.29, 1.82) is 0 Å². The van der Waals surface area contributed by atoms with Gasteiger partial charge in [-0.05, 0) is 42.3 Å². The van der Waals surface area contributed by atoms with Crippen molar-refractivity contribution in [2.75, 3.05) is 0 Å². The Balaban J connectivity index is 1.43. The monoisotopic (exact) mass is 357 g/mol. The molecule has 0 unspecified atom stereocenters. The number of aryl methyl sites for hydroxylation is 2. The molecule has 4 rings (SSSR count). The van der Waals surface area contributed by atoms with Gasteiger partial charge in [-0.2, -0.15) is 0 Å². The van der Waals surface area contributed by atoms with Crippen molar-refractivity contribution in [1.82, 2.24) is 15.3 Å². The van der Waals surface area contributed by atoms with Crippen molar-refractivity contribution in [3.63, 3.8) is 0 Å². The molecule has 0 saturated carbocycles. The molecule has 0 aliphatic rings. The number of carbonyl (C=O) groups is 1. The molecule has 0 fully saturated rings. The Morgan fingerprint density at radius 3 is 2.63 bits per heavy atom. The highest BCUT2D eigenvalue weighted by atomic mass is 16.3. The highest BCUT2D eigenvalue weighted by molar-refractivity contribution is 5.97. The maximum absolute atomic E-state index is 12.4. The fourth-order valence-corrected chi connectivity index (χ4v) is 2.89. The first-order chi connectivity index (χ1) is 13.3. The van der Waals surface area contributed by atoms with Gasteiger partial charge in [0.1, 0.15) is 5.52 Å². The van der Waals surface area contributed by atoms with Crippen LogP contribution >= 0.6 is 0 Å². The van der Waals surface area contributed by atoms with Crippen molar-refractivity contribution >= 4 is 17.0 Å². The molecule has 0 bridgehead atoms. The molecule has 2 heterocycles. The van der Waals surface area contributed by atoms with Crippen molar-refractivity contribution < 1.29 is 9.21 Å². The molecule has 2 aromatic carbocycles. The molecule has 27 heavy (non-hydrogen) atoms. The van der Waals surface area contributed by atoms with Crippen molar-refractivity contribution in [2.45, 2.75) is 19.4 Å². The fraction of sp³-hybridized carbons (Fsp3) is 0.136. The predicted molar refractivity (Wildman–Crippen MR) is 103 cm³/mol. The first-order valence-corrected chi connectivity index (χ1v) is 8.89. The van der Waals surface area contributed by atoms with E-state index in [0.717, 1.165) is 18.5 Å². The van der Waals surface area contributed by atoms with E-state index >= 15 is 0 Å². The standard InChI is InChI=1S/C22H19N3O2/c26-22(24-15-18-8-4-5-13-23-18)17-10-11-20-19(14-17)25-21(27-20)12-9-16-6-2-1-3-7-16/h1-8,10-11,13-14H,9,12,15H2,(H,24,26). The zero-order chi connectivity index (χ0) is 18.5. The Kier molecular flexibility index (Phi) is 4.92. The van der Waals surface area contributed by atoms with Gasteiger partial charge in [-0.25, -0.2) is 4.98 Å². The Hall–Kier alpha value is -3.47. The van der Waals surface area contributed by atoms with Gasteiger partial charge in [0.25, 0.3) is 5.91 Å². The third-order valence-corrected chi connectivity index (χ3v) is 4.32. The van der Waals surface area contributed by atoms with Gasteiger partial charge in [0.15, 0.2) is 11.5 Å². The van der Waals surface area contributed by atoms with Crippen molar-refractivity contribution in [3.05, 3.63) is 95.6 Å². The number of fused-ring (bicyclic) bond motifs is 1. The lowest BCUT2D eigenvalue weighted by molar-refractivity contribution is 0.0950. The van der Waals surface area contributed by atoms with Gasteiger partial charge >= 0.3 is 0 Å². The molecule has 0 saturated heterocycles. The summed E-state index contributed by atoms with van der Waals surface area (Å²) >= 11 is 0. The van der Waals surface area contributed by atoms with Crippen LogP contribution in [0.15, 0.2) is 77.3 Å². The Morgan fingerprint density at radius 1 is 0.963 bits per heavy atom. The van der Waals surface area contributed by atoms with Crippen LogP contribution in [0.1, 0.15) is 27.5 Å². The summed E-state index contributed by atoms with van der Waals surface area (Å²) in [6.45, 7) is 0.388. The van der Waals surface area contributed by atoms with E-state index in [1.807, 2.05) is 36.4 Å². The topological polar surface area (TPSA) is 68.0 Å². The molecule has 1 N–H and O–H groups in total. The Morgan fingerprint density at radius 2 is 1.81 bits per heavy atom. The highest BCUT2D eigenvalue weighted by Crippen LogP contribution is 2.18. The quantitative estimate of drug-likeness (QED) is 0.567. The number of benzene rings is 2. The number of amides is 1. The number of rotatable bonds is 6. The number of oxazole rings is 1. The number of carbonyl (C=O) groups excluding carboxylic acids is 1. The van der Waals surface area contributed by atoms with E-state index in [2.05, 4.69) is 27.4 Å². The van der Waals surface area contributed by atoms with Crippen LogP contribution in [-0.4, -0.2) is 15.9 Å². The second kappa shape index (κ2) is 7.83. The molecular formula is C22H19N3O2. The van der Waals surface area contributed by atoms with Crippen LogP contribution < -0.4 is 5.32 Å². The number of pyridine rings is 1. The summed E-state index contributed by atoms with van der Waals surface area (Å²) in [4.78, 5) is 21.1. The molecule has 0 atom stereocenters. The minimum atomic E-state index is -0.156. The van der Waals surface area contributed by atoms with Crippen LogP contribution in [0.25, 0.3) is 11.1 Å². The Bertz CT molecular complexity index is 1040. The van der Waals surface area contributed by atoms with Crippen LogP contribution in [0.5, 0.6) is 0 Å². The van der Waals surface area contributed by atoms with Crippen LogP contribution in [0.2, 0.25) is 0 Å². The van der Waals surface area contributed by atoms with E-state index in [1.165, 1.54) is 5.56 Å². The van der Waals surface area contributed by atoms with Gasteiger partial charge in [0, 0.05) is 18.2 Å². The van der Waals surface area contributed by atoms with Gasteiger partial charge < -0.3 is 9.73 Å². The average Bonchev–Trinajstić information content (AvgIpc) is 3.14. The normalized spacial score (nSPS) is 10.8. The third-order valence-electron chi connectivity index (χ3n) is 4.32. The van der Waals surface area contributed by atoms with E-state index in [1.54, 1.807) is 24.4 Å². The van der Waals surface area contributed by atoms with Gasteiger partial charge in [-0.1, -0.05) is 36.4 Å². The molecular weight excluding hydrogens is 338 g/mol. The molecule has 5 heteroatoms. The minimum Gasteiger partial charge on any atom is -0.441 e. The van der Waals surface area contributed by atoms with E-state index in [9.17, 15) is 4.79 Å². The third kappa shape index (κ3) is 4.20. The fourth-order valence-electron chi connectivity index (χ4n) is 2.89. The van der Waals surface area contributed by atoms with Crippen molar-refractivity contribution in [3.8, 4) is 0 Å². The molecule has 0 aliphatic carbocycles. The summed E-state index contributed by atoms with van der Waals surface area (Å²) in [5.74, 6) is 0.524. The second-order valence-corrected chi connectivity index (χ2v) is 6.28. The van der Waals surface area contributed by atoms with E-state index in [0.29, 0.717) is 29.1 Å². The number of hydrogen-bond acceptors (Lipinski definition) is 4. The van der Waals surface area contributed by atoms with Crippen LogP contribution in [0.4, 0.5) is 0 Å². The summed E-state index contributed by atoms with van der Waals surface area (Å²) < 4.78 is 5.80. The SMILES string of the molecule is O=C(NCc1ccccn1)c1ccc2oc(CCc3ccccc3)nc2c1. The molecule has 1 amide bonds. The first kappa shape index (κ1) is 17.0. The molecule has 2 aromatic heterocycles. The summed E-state index contributed by atoms with van der Waals surface area (Å²) in [6, 6.07) is 21.2. The summed E-state index contributed by atoms with van der Waals surface area (Å²) in [7, 11) is 0. The molecule has 134 valence electrons. The lowest BCUT2D eigenvalue weighted by Gasteiger charge is -2.04. The average molecular weight is 357 g/mol. The molecule has 0 radical (unpaired) electrons. The Labute approximate surface area is 157 Å². The number of hydrogen-bond donors (Lipinski definition) is 1.